The maximum absolute atomic E-state index is 13.3. The number of hydrogen-bond donors (Lipinski definition) is 0. The van der Waals surface area contributed by atoms with Crippen LogP contribution >= 0.6 is 0 Å². The fourth-order valence-electron chi connectivity index (χ4n) is 2.92. The minimum atomic E-state index is -4.65. The van der Waals surface area contributed by atoms with E-state index in [4.69, 9.17) is 0 Å². The van der Waals surface area contributed by atoms with Gasteiger partial charge in [0.15, 0.2) is 0 Å². The minimum absolute atomic E-state index is 0.0230. The summed E-state index contributed by atoms with van der Waals surface area (Å²) in [7, 11) is 0. The molecule has 0 unspecified atom stereocenters. The molecule has 1 saturated heterocycles. The largest absolute Gasteiger partial charge is 0.418 e. The number of piperidine rings is 1. The Morgan fingerprint density at radius 3 is 2.50 bits per heavy atom. The average Bonchev–Trinajstić information content (AvgIpc) is 3.08. The third-order valence-corrected chi connectivity index (χ3v) is 4.11. The summed E-state index contributed by atoms with van der Waals surface area (Å²) < 4.78 is 41.5. The van der Waals surface area contributed by atoms with Crippen molar-refractivity contribution >= 4 is 11.4 Å². The molecule has 7 nitrogen and oxygen atoms in total. The standard InChI is InChI=1S/C14H14F3N5O2/c15-14(16,17)12-7-11(22(23)24)1-2-13(12)20-5-3-10(4-6-20)21-9-18-8-19-21/h1-2,7-10H,3-6H2. The van der Waals surface area contributed by atoms with Crippen molar-refractivity contribution in [2.24, 2.45) is 0 Å². The molecule has 128 valence electrons. The fraction of sp³-hybridized carbons (Fsp3) is 0.429. The first-order valence-electron chi connectivity index (χ1n) is 7.31. The average molecular weight is 341 g/mol. The van der Waals surface area contributed by atoms with E-state index in [1.807, 2.05) is 0 Å². The van der Waals surface area contributed by atoms with Gasteiger partial charge < -0.3 is 4.90 Å². The molecule has 24 heavy (non-hydrogen) atoms. The molecule has 3 rings (SSSR count). The van der Waals surface area contributed by atoms with E-state index < -0.39 is 22.4 Å². The number of nitrogens with zero attached hydrogens (tertiary/aromatic N) is 5. The van der Waals surface area contributed by atoms with Crippen molar-refractivity contribution in [3.63, 3.8) is 0 Å². The van der Waals surface area contributed by atoms with Crippen molar-refractivity contribution in [3.05, 3.63) is 46.5 Å². The second-order valence-corrected chi connectivity index (χ2v) is 5.55. The lowest BCUT2D eigenvalue weighted by Gasteiger charge is -2.34. The molecule has 0 spiro atoms. The van der Waals surface area contributed by atoms with Crippen LogP contribution in [0, 0.1) is 10.1 Å². The topological polar surface area (TPSA) is 77.1 Å². The van der Waals surface area contributed by atoms with Crippen LogP contribution in [0.1, 0.15) is 24.4 Å². The van der Waals surface area contributed by atoms with Crippen molar-refractivity contribution in [2.75, 3.05) is 18.0 Å². The Balaban J connectivity index is 1.83. The molecule has 0 saturated carbocycles. The zero-order chi connectivity index (χ0) is 17.3. The number of aromatic nitrogens is 3. The summed E-state index contributed by atoms with van der Waals surface area (Å²) in [6.45, 7) is 0.816. The molecule has 0 amide bonds. The van der Waals surface area contributed by atoms with Crippen LogP contribution in [0.3, 0.4) is 0 Å². The number of anilines is 1. The highest BCUT2D eigenvalue weighted by Gasteiger charge is 2.37. The molecule has 0 aliphatic carbocycles. The van der Waals surface area contributed by atoms with Gasteiger partial charge in [0.05, 0.1) is 16.5 Å². The van der Waals surface area contributed by atoms with Crippen LogP contribution in [0.5, 0.6) is 0 Å². The summed E-state index contributed by atoms with van der Waals surface area (Å²) in [5.74, 6) is 0. The monoisotopic (exact) mass is 341 g/mol. The van der Waals surface area contributed by atoms with Crippen LogP contribution in [-0.4, -0.2) is 32.8 Å². The van der Waals surface area contributed by atoms with Crippen LogP contribution < -0.4 is 4.90 Å². The summed E-state index contributed by atoms with van der Waals surface area (Å²) in [6, 6.07) is 2.97. The highest BCUT2D eigenvalue weighted by molar-refractivity contribution is 5.59. The maximum atomic E-state index is 13.3. The van der Waals surface area contributed by atoms with Gasteiger partial charge in [-0.25, -0.2) is 9.67 Å². The quantitative estimate of drug-likeness (QED) is 0.633. The van der Waals surface area contributed by atoms with Crippen LogP contribution in [-0.2, 0) is 6.18 Å². The highest BCUT2D eigenvalue weighted by Crippen LogP contribution is 2.40. The van der Waals surface area contributed by atoms with E-state index in [2.05, 4.69) is 10.1 Å². The fourth-order valence-corrected chi connectivity index (χ4v) is 2.92. The summed E-state index contributed by atoms with van der Waals surface area (Å²) >= 11 is 0. The number of alkyl halides is 3. The number of hydrogen-bond acceptors (Lipinski definition) is 5. The normalized spacial score (nSPS) is 16.4. The van der Waals surface area contributed by atoms with Crippen LogP contribution in [0.4, 0.5) is 24.5 Å². The van der Waals surface area contributed by atoms with Gasteiger partial charge in [-0.3, -0.25) is 10.1 Å². The number of halogens is 3. The molecule has 0 bridgehead atoms. The number of benzene rings is 1. The van der Waals surface area contributed by atoms with Crippen molar-refractivity contribution in [1.29, 1.82) is 0 Å². The highest BCUT2D eigenvalue weighted by atomic mass is 19.4. The van der Waals surface area contributed by atoms with E-state index in [9.17, 15) is 23.3 Å². The van der Waals surface area contributed by atoms with E-state index >= 15 is 0 Å². The Morgan fingerprint density at radius 1 is 1.25 bits per heavy atom. The number of non-ortho nitro benzene ring substituents is 1. The molecule has 1 aliphatic heterocycles. The number of rotatable bonds is 3. The Labute approximate surface area is 134 Å². The van der Waals surface area contributed by atoms with E-state index in [0.29, 0.717) is 32.0 Å². The van der Waals surface area contributed by atoms with Gasteiger partial charge in [-0.2, -0.15) is 18.3 Å². The zero-order valence-electron chi connectivity index (χ0n) is 12.5. The zero-order valence-corrected chi connectivity index (χ0v) is 12.5. The summed E-state index contributed by atoms with van der Waals surface area (Å²) in [6.07, 6.45) is -0.392. The number of nitro benzene ring substituents is 1. The second kappa shape index (κ2) is 6.10. The Kier molecular flexibility index (Phi) is 4.12. The van der Waals surface area contributed by atoms with Crippen molar-refractivity contribution in [1.82, 2.24) is 14.8 Å². The van der Waals surface area contributed by atoms with Gasteiger partial charge in [0, 0.05) is 30.9 Å². The lowest BCUT2D eigenvalue weighted by atomic mass is 10.0. The maximum Gasteiger partial charge on any atom is 0.418 e. The van der Waals surface area contributed by atoms with Gasteiger partial charge in [-0.05, 0) is 18.9 Å². The lowest BCUT2D eigenvalue weighted by Crippen LogP contribution is -2.36. The lowest BCUT2D eigenvalue weighted by molar-refractivity contribution is -0.385. The van der Waals surface area contributed by atoms with Crippen molar-refractivity contribution in [2.45, 2.75) is 25.1 Å². The molecule has 0 N–H and O–H groups in total. The SMILES string of the molecule is O=[N+]([O-])c1ccc(N2CCC(n3cncn3)CC2)c(C(F)(F)F)c1. The van der Waals surface area contributed by atoms with E-state index in [1.165, 1.54) is 12.4 Å². The molecule has 0 atom stereocenters. The van der Waals surface area contributed by atoms with Crippen LogP contribution in [0.15, 0.2) is 30.9 Å². The van der Waals surface area contributed by atoms with Gasteiger partial charge >= 0.3 is 6.18 Å². The first-order chi connectivity index (χ1) is 11.4. The Morgan fingerprint density at radius 2 is 1.96 bits per heavy atom. The molecular formula is C14H14F3N5O2. The summed E-state index contributed by atoms with van der Waals surface area (Å²) in [5, 5.41) is 14.8. The molecular weight excluding hydrogens is 327 g/mol. The first kappa shape index (κ1) is 16.2. The Hall–Kier alpha value is -2.65. The second-order valence-electron chi connectivity index (χ2n) is 5.55. The Bertz CT molecular complexity index is 725. The molecule has 10 heteroatoms. The molecule has 1 fully saturated rings. The van der Waals surface area contributed by atoms with E-state index in [1.54, 1.807) is 15.9 Å². The molecule has 2 aromatic rings. The van der Waals surface area contributed by atoms with Gasteiger partial charge in [0.2, 0.25) is 0 Å². The molecule has 2 heterocycles. The molecule has 1 aromatic heterocycles. The summed E-state index contributed by atoms with van der Waals surface area (Å²) in [5.41, 5.74) is -1.57. The van der Waals surface area contributed by atoms with Crippen molar-refractivity contribution in [3.8, 4) is 0 Å². The third-order valence-electron chi connectivity index (χ3n) is 4.11. The van der Waals surface area contributed by atoms with Gasteiger partial charge in [0.25, 0.3) is 5.69 Å². The third kappa shape index (κ3) is 3.17. The predicted octanol–water partition coefficient (Wildman–Crippen LogP) is 3.05. The minimum Gasteiger partial charge on any atom is -0.371 e. The van der Waals surface area contributed by atoms with E-state index in [0.717, 1.165) is 6.07 Å². The van der Waals surface area contributed by atoms with Gasteiger partial charge in [0.1, 0.15) is 12.7 Å². The summed E-state index contributed by atoms with van der Waals surface area (Å²) in [4.78, 5) is 15.4. The van der Waals surface area contributed by atoms with Gasteiger partial charge in [-0.15, -0.1) is 0 Å². The predicted molar refractivity (Wildman–Crippen MR) is 78.6 cm³/mol. The van der Waals surface area contributed by atoms with Gasteiger partial charge in [-0.1, -0.05) is 0 Å². The molecule has 1 aliphatic rings. The molecule has 0 radical (unpaired) electrons. The van der Waals surface area contributed by atoms with Crippen molar-refractivity contribution < 1.29 is 18.1 Å². The first-order valence-corrected chi connectivity index (χ1v) is 7.31. The smallest absolute Gasteiger partial charge is 0.371 e. The van der Waals surface area contributed by atoms with Crippen LogP contribution in [0.25, 0.3) is 0 Å². The molecule has 1 aromatic carbocycles. The van der Waals surface area contributed by atoms with E-state index in [-0.39, 0.29) is 11.7 Å². The van der Waals surface area contributed by atoms with Crippen LogP contribution in [0.2, 0.25) is 0 Å². The number of nitro groups is 1.